The van der Waals surface area contributed by atoms with E-state index in [0.29, 0.717) is 12.8 Å². The smallest absolute Gasteiger partial charge is 0.369 e. The van der Waals surface area contributed by atoms with Gasteiger partial charge >= 0.3 is 22.4 Å². The Bertz CT molecular complexity index is 1150. The Labute approximate surface area is 172 Å². The van der Waals surface area contributed by atoms with Crippen molar-refractivity contribution in [1.82, 2.24) is 19.5 Å². The lowest BCUT2D eigenvalue weighted by Gasteiger charge is -2.21. The van der Waals surface area contributed by atoms with Crippen LogP contribution in [0, 0.1) is 0 Å². The van der Waals surface area contributed by atoms with E-state index in [0.717, 1.165) is 0 Å². The second-order valence-electron chi connectivity index (χ2n) is 5.95. The molecule has 0 saturated carbocycles. The number of H-pyrrole nitrogens is 1. The van der Waals surface area contributed by atoms with Crippen molar-refractivity contribution in [1.29, 1.82) is 0 Å². The highest BCUT2D eigenvalue weighted by atomic mass is 32.5. The van der Waals surface area contributed by atoms with Gasteiger partial charge in [0, 0.05) is 0 Å². The molecule has 3 rings (SSSR count). The number of fused-ring (bicyclic) bond motifs is 1. The zero-order valence-corrected chi connectivity index (χ0v) is 18.2. The Morgan fingerprint density at radius 1 is 1.30 bits per heavy atom. The average molecular weight is 507 g/mol. The quantitative estimate of drug-likeness (QED) is 0.254. The summed E-state index contributed by atoms with van der Waals surface area (Å²) < 4.78 is 42.0. The Morgan fingerprint density at radius 3 is 2.67 bits per heavy atom. The second-order valence-corrected chi connectivity index (χ2v) is 11.8. The number of nitrogens with two attached hydrogens (primary N) is 1. The molecule has 1 aliphatic rings. The van der Waals surface area contributed by atoms with E-state index in [1.165, 1.54) is 10.9 Å². The standard InChI is InChI=1S/C10H16N5O11P3S/c11-10-13-8-7(9(16)14-10)12-4-15(8)6-2-1-5(24-6)3-23-29(22,30)26-28(20,21)25-27(17,18)19/h4-6H,1-3H2,(H,20,21)(H,22,30)(H2,17,18,19)(H3,11,13,14,16)/t5-,6+,29?/m0/s1. The summed E-state index contributed by atoms with van der Waals surface area (Å²) in [7, 11) is -10.8. The van der Waals surface area contributed by atoms with Gasteiger partial charge in [-0.2, -0.15) is 9.29 Å². The van der Waals surface area contributed by atoms with E-state index in [4.69, 9.17) is 24.8 Å². The van der Waals surface area contributed by atoms with Crippen LogP contribution in [0.5, 0.6) is 0 Å². The molecule has 0 aromatic carbocycles. The van der Waals surface area contributed by atoms with Crippen LogP contribution < -0.4 is 11.3 Å². The van der Waals surface area contributed by atoms with Crippen LogP contribution in [0.3, 0.4) is 0 Å². The van der Waals surface area contributed by atoms with E-state index in [2.05, 4.69) is 35.4 Å². The number of phosphoric acid groups is 2. The van der Waals surface area contributed by atoms with Gasteiger partial charge in [0.05, 0.1) is 19.0 Å². The van der Waals surface area contributed by atoms with Crippen LogP contribution in [-0.2, 0) is 38.8 Å². The molecule has 2 unspecified atom stereocenters. The van der Waals surface area contributed by atoms with Gasteiger partial charge in [-0.1, -0.05) is 0 Å². The van der Waals surface area contributed by atoms with E-state index in [1.807, 2.05) is 0 Å². The van der Waals surface area contributed by atoms with Gasteiger partial charge in [-0.05, 0) is 24.6 Å². The molecule has 4 atom stereocenters. The number of aromatic amines is 1. The van der Waals surface area contributed by atoms with E-state index < -0.39 is 40.3 Å². The Hall–Kier alpha value is -1.06. The van der Waals surface area contributed by atoms with Crippen LogP contribution in [0.2, 0.25) is 0 Å². The minimum absolute atomic E-state index is 0.0653. The van der Waals surface area contributed by atoms with Gasteiger partial charge in [0.1, 0.15) is 6.23 Å². The molecular weight excluding hydrogens is 491 g/mol. The second kappa shape index (κ2) is 8.47. The largest absolute Gasteiger partial charge is 0.488 e. The van der Waals surface area contributed by atoms with E-state index in [9.17, 15) is 23.7 Å². The van der Waals surface area contributed by atoms with Gasteiger partial charge in [-0.25, -0.2) is 18.4 Å². The molecule has 0 radical (unpaired) electrons. The molecule has 2 aromatic rings. The fraction of sp³-hybridized carbons (Fsp3) is 0.500. The van der Waals surface area contributed by atoms with Crippen LogP contribution in [0.4, 0.5) is 5.95 Å². The molecule has 1 saturated heterocycles. The van der Waals surface area contributed by atoms with E-state index >= 15 is 0 Å². The molecule has 30 heavy (non-hydrogen) atoms. The summed E-state index contributed by atoms with van der Waals surface area (Å²) in [6, 6.07) is 0. The predicted molar refractivity (Wildman–Crippen MR) is 102 cm³/mol. The van der Waals surface area contributed by atoms with Crippen LogP contribution in [0.1, 0.15) is 19.1 Å². The monoisotopic (exact) mass is 507 g/mol. The molecule has 7 N–H and O–H groups in total. The number of hydrogen-bond acceptors (Lipinski definition) is 11. The third-order valence-electron chi connectivity index (χ3n) is 3.69. The van der Waals surface area contributed by atoms with Gasteiger partial charge in [0.15, 0.2) is 11.2 Å². The van der Waals surface area contributed by atoms with Crippen molar-refractivity contribution < 1.29 is 46.6 Å². The lowest BCUT2D eigenvalue weighted by atomic mass is 10.2. The molecule has 0 amide bonds. The van der Waals surface area contributed by atoms with Crippen molar-refractivity contribution in [3.63, 3.8) is 0 Å². The first kappa shape index (κ1) is 23.6. The summed E-state index contributed by atoms with van der Waals surface area (Å²) in [6.07, 6.45) is 0.931. The van der Waals surface area contributed by atoms with Crippen LogP contribution >= 0.6 is 22.4 Å². The maximum atomic E-state index is 11.8. The molecular formula is C10H16N5O11P3S. The summed E-state index contributed by atoms with van der Waals surface area (Å²) in [4.78, 5) is 58.3. The molecule has 0 bridgehead atoms. The van der Waals surface area contributed by atoms with Crippen LogP contribution in [-0.4, -0.2) is 51.8 Å². The zero-order chi connectivity index (χ0) is 22.3. The van der Waals surface area contributed by atoms with E-state index in [1.54, 1.807) is 0 Å². The van der Waals surface area contributed by atoms with Gasteiger partial charge in [-0.15, -0.1) is 0 Å². The summed E-state index contributed by atoms with van der Waals surface area (Å²) in [5.41, 5.74) is 5.30. The maximum absolute atomic E-state index is 11.8. The molecule has 168 valence electrons. The van der Waals surface area contributed by atoms with Crippen LogP contribution in [0.25, 0.3) is 11.2 Å². The Morgan fingerprint density at radius 2 is 2.00 bits per heavy atom. The third-order valence-corrected chi connectivity index (χ3v) is 8.40. The van der Waals surface area contributed by atoms with Crippen molar-refractivity contribution in [3.05, 3.63) is 16.7 Å². The lowest BCUT2D eigenvalue weighted by molar-refractivity contribution is -0.0178. The molecule has 1 fully saturated rings. The van der Waals surface area contributed by atoms with Gasteiger partial charge < -0.3 is 34.6 Å². The molecule has 1 aliphatic heterocycles. The van der Waals surface area contributed by atoms with Crippen molar-refractivity contribution in [2.24, 2.45) is 0 Å². The first-order valence-corrected chi connectivity index (χ1v) is 13.5. The van der Waals surface area contributed by atoms with Gasteiger partial charge in [-0.3, -0.25) is 14.3 Å². The van der Waals surface area contributed by atoms with Crippen molar-refractivity contribution >= 4 is 51.3 Å². The average Bonchev–Trinajstić information content (AvgIpc) is 3.15. The Balaban J connectivity index is 1.62. The summed E-state index contributed by atoms with van der Waals surface area (Å²) in [6.45, 7) is -4.78. The SMILES string of the molecule is Nc1nc2c(ncn2[C@H]2CC[C@@H](COP(O)(=S)OP(=O)(O)OP(=O)(O)O)O2)c(=O)[nH]1. The van der Waals surface area contributed by atoms with E-state index in [-0.39, 0.29) is 23.7 Å². The first-order chi connectivity index (χ1) is 13.7. The minimum Gasteiger partial charge on any atom is -0.369 e. The van der Waals surface area contributed by atoms with Crippen molar-refractivity contribution in [3.8, 4) is 0 Å². The number of hydrogen-bond donors (Lipinski definition) is 6. The molecule has 0 aliphatic carbocycles. The number of aromatic nitrogens is 4. The summed E-state index contributed by atoms with van der Waals surface area (Å²) in [5.74, 6) is -0.101. The molecule has 20 heteroatoms. The van der Waals surface area contributed by atoms with Crippen LogP contribution in [0.15, 0.2) is 11.1 Å². The first-order valence-electron chi connectivity index (χ1n) is 7.91. The molecule has 0 spiro atoms. The van der Waals surface area contributed by atoms with Gasteiger partial charge in [0.25, 0.3) is 5.56 Å². The number of ether oxygens (including phenoxy) is 1. The normalized spacial score (nSPS) is 24.0. The predicted octanol–water partition coefficient (Wildman–Crippen LogP) is -0.161. The van der Waals surface area contributed by atoms with Crippen molar-refractivity contribution in [2.75, 3.05) is 12.3 Å². The van der Waals surface area contributed by atoms with Crippen molar-refractivity contribution in [2.45, 2.75) is 25.2 Å². The Kier molecular flexibility index (Phi) is 6.66. The fourth-order valence-corrected chi connectivity index (χ4v) is 6.64. The maximum Gasteiger partial charge on any atom is 0.488 e. The highest BCUT2D eigenvalue weighted by Gasteiger charge is 2.39. The molecule has 16 nitrogen and oxygen atoms in total. The highest BCUT2D eigenvalue weighted by molar-refractivity contribution is 8.08. The minimum atomic E-state index is -5.38. The summed E-state index contributed by atoms with van der Waals surface area (Å²) >= 11 is 4.54. The molecule has 2 aromatic heterocycles. The lowest BCUT2D eigenvalue weighted by Crippen LogP contribution is -2.17. The zero-order valence-electron chi connectivity index (χ0n) is 14.7. The van der Waals surface area contributed by atoms with Gasteiger partial charge in [0.2, 0.25) is 5.95 Å². The third kappa shape index (κ3) is 6.01. The summed E-state index contributed by atoms with van der Waals surface area (Å²) in [5, 5.41) is 0. The fourth-order valence-electron chi connectivity index (χ4n) is 2.65. The number of nitrogen functional groups attached to an aromatic ring is 1. The molecule has 3 heterocycles. The number of imidazole rings is 1. The topological polar surface area (TPSA) is 242 Å². The number of nitrogens with one attached hydrogen (secondary N) is 1. The number of rotatable bonds is 8. The number of anilines is 1. The number of nitrogens with zero attached hydrogens (tertiary/aromatic N) is 3. The highest BCUT2D eigenvalue weighted by Crippen LogP contribution is 2.66.